The molecule has 5 rings (SSSR count). The van der Waals surface area contributed by atoms with Crippen LogP contribution in [0.5, 0.6) is 0 Å². The lowest BCUT2D eigenvalue weighted by Gasteiger charge is -2.37. The number of aromatic nitrogens is 2. The summed E-state index contributed by atoms with van der Waals surface area (Å²) in [6.07, 6.45) is 13.4. The quantitative estimate of drug-likeness (QED) is 0.167. The lowest BCUT2D eigenvalue weighted by Crippen LogP contribution is -2.60. The monoisotopic (exact) mass is 735 g/mol. The van der Waals surface area contributed by atoms with E-state index >= 15 is 0 Å². The Labute approximate surface area is 312 Å². The number of ketones is 2. The highest BCUT2D eigenvalue weighted by atomic mass is 16.7. The Kier molecular flexibility index (Phi) is 13.0. The lowest BCUT2D eigenvalue weighted by atomic mass is 9.76. The summed E-state index contributed by atoms with van der Waals surface area (Å²) in [5, 5.41) is 12.9. The SMILES string of the molecule is CCCC1=NO[C@]2(C1)C[C@@H](C(=O)N[C@@H](CCC)C(=O)C(=O)NC1CC1)N(C(=O)[C@@H](NC(=O)[C@@H](CC(=O)c1cnccn1)C1CCCCC1)C(C)(C)C)C2. The minimum atomic E-state index is -1.06. The molecule has 1 aromatic heterocycles. The average Bonchev–Trinajstić information content (AvgIpc) is 3.75. The van der Waals surface area contributed by atoms with Crippen molar-refractivity contribution in [1.82, 2.24) is 30.8 Å². The summed E-state index contributed by atoms with van der Waals surface area (Å²) in [5.41, 5.74) is -0.708. The van der Waals surface area contributed by atoms with E-state index < -0.39 is 64.5 Å². The second kappa shape index (κ2) is 17.3. The lowest BCUT2D eigenvalue weighted by molar-refractivity contribution is -0.146. The summed E-state index contributed by atoms with van der Waals surface area (Å²) in [4.78, 5) is 98.3. The second-order valence-corrected chi connectivity index (χ2v) is 16.5. The van der Waals surface area contributed by atoms with E-state index in [0.29, 0.717) is 19.3 Å². The molecule has 14 nitrogen and oxygen atoms in total. The van der Waals surface area contributed by atoms with Crippen LogP contribution < -0.4 is 16.0 Å². The molecule has 3 heterocycles. The van der Waals surface area contributed by atoms with Crippen LogP contribution in [-0.2, 0) is 28.8 Å². The topological polar surface area (TPSA) is 189 Å². The predicted molar refractivity (Wildman–Crippen MR) is 196 cm³/mol. The van der Waals surface area contributed by atoms with Crippen LogP contribution in [0.4, 0.5) is 0 Å². The maximum Gasteiger partial charge on any atom is 0.289 e. The molecule has 14 heteroatoms. The molecule has 0 radical (unpaired) electrons. The number of Topliss-reactive ketones (excluding diaryl/α,β-unsaturated/α-hetero) is 2. The fourth-order valence-electron chi connectivity index (χ4n) is 7.92. The summed E-state index contributed by atoms with van der Waals surface area (Å²) < 4.78 is 0. The van der Waals surface area contributed by atoms with Crippen LogP contribution in [-0.4, -0.2) is 92.1 Å². The van der Waals surface area contributed by atoms with Gasteiger partial charge in [0.1, 0.15) is 17.8 Å². The van der Waals surface area contributed by atoms with Gasteiger partial charge < -0.3 is 25.7 Å². The molecule has 5 atom stereocenters. The first-order valence-corrected chi connectivity index (χ1v) is 19.5. The molecule has 53 heavy (non-hydrogen) atoms. The highest BCUT2D eigenvalue weighted by Crippen LogP contribution is 2.40. The van der Waals surface area contributed by atoms with Gasteiger partial charge in [-0.2, -0.15) is 0 Å². The molecule has 290 valence electrons. The number of likely N-dealkylation sites (tertiary alicyclic amines) is 1. The van der Waals surface area contributed by atoms with Crippen molar-refractivity contribution in [3.63, 3.8) is 0 Å². The molecule has 1 aromatic rings. The smallest absolute Gasteiger partial charge is 0.289 e. The molecule has 0 bridgehead atoms. The molecule has 3 N–H and O–H groups in total. The van der Waals surface area contributed by atoms with Crippen LogP contribution in [0.15, 0.2) is 23.7 Å². The first-order chi connectivity index (χ1) is 25.2. The Morgan fingerprint density at radius 2 is 1.72 bits per heavy atom. The largest absolute Gasteiger partial charge is 0.387 e. The normalized spacial score (nSPS) is 23.4. The summed E-state index contributed by atoms with van der Waals surface area (Å²) >= 11 is 0. The average molecular weight is 736 g/mol. The van der Waals surface area contributed by atoms with E-state index in [-0.39, 0.29) is 49.2 Å². The zero-order chi connectivity index (χ0) is 38.3. The fraction of sp³-hybridized carbons (Fsp3) is 0.718. The second-order valence-electron chi connectivity index (χ2n) is 16.5. The van der Waals surface area contributed by atoms with E-state index in [4.69, 9.17) is 4.84 Å². The van der Waals surface area contributed by atoms with E-state index in [1.165, 1.54) is 23.5 Å². The third-order valence-electron chi connectivity index (χ3n) is 11.0. The summed E-state index contributed by atoms with van der Waals surface area (Å²) in [5.74, 6) is -3.88. The highest BCUT2D eigenvalue weighted by Gasteiger charge is 2.55. The van der Waals surface area contributed by atoms with Crippen LogP contribution in [0.2, 0.25) is 0 Å². The van der Waals surface area contributed by atoms with Gasteiger partial charge in [0.15, 0.2) is 11.4 Å². The molecular formula is C39H57N7O7. The third-order valence-corrected chi connectivity index (χ3v) is 11.0. The number of carbonyl (C=O) groups is 6. The van der Waals surface area contributed by atoms with Crippen molar-refractivity contribution in [2.75, 3.05) is 6.54 Å². The van der Waals surface area contributed by atoms with E-state index in [1.807, 2.05) is 34.6 Å². The number of hydrogen-bond acceptors (Lipinski definition) is 10. The Hall–Kier alpha value is -4.23. The number of carbonyl (C=O) groups excluding carboxylic acids is 6. The van der Waals surface area contributed by atoms with Gasteiger partial charge in [-0.3, -0.25) is 33.8 Å². The molecule has 2 saturated carbocycles. The predicted octanol–water partition coefficient (Wildman–Crippen LogP) is 3.83. The van der Waals surface area contributed by atoms with Crippen LogP contribution >= 0.6 is 0 Å². The van der Waals surface area contributed by atoms with E-state index in [0.717, 1.165) is 57.1 Å². The van der Waals surface area contributed by atoms with Gasteiger partial charge in [0.25, 0.3) is 5.91 Å². The van der Waals surface area contributed by atoms with Crippen LogP contribution in [0.3, 0.4) is 0 Å². The van der Waals surface area contributed by atoms with Crippen molar-refractivity contribution < 1.29 is 33.6 Å². The van der Waals surface area contributed by atoms with Gasteiger partial charge in [0.2, 0.25) is 23.5 Å². The van der Waals surface area contributed by atoms with Gasteiger partial charge in [0.05, 0.1) is 24.5 Å². The zero-order valence-electron chi connectivity index (χ0n) is 31.9. The number of oxime groups is 1. The van der Waals surface area contributed by atoms with Crippen LogP contribution in [0.1, 0.15) is 135 Å². The molecule has 1 saturated heterocycles. The molecule has 1 spiro atoms. The van der Waals surface area contributed by atoms with Crippen molar-refractivity contribution >= 4 is 40.9 Å². The molecule has 0 aromatic carbocycles. The molecule has 3 fully saturated rings. The standard InChI is InChI=1S/C39H57N7O7/c1-6-11-26-20-39(53-45-26)21-30(35(50)43-28(12-7-2)32(48)36(51)42-25-15-16-25)46(23-39)37(52)33(38(3,4)5)44-34(49)27(24-13-9-8-10-14-24)19-31(47)29-22-40-17-18-41-29/h17-18,22,24-25,27-28,30,33H,6-16,19-21,23H2,1-5H3,(H,42,51)(H,43,50)(H,44,49)/t27-,28-,30-,33+,39+/m0/s1. The maximum absolute atomic E-state index is 14.8. The molecule has 4 amide bonds. The van der Waals surface area contributed by atoms with Crippen molar-refractivity contribution in [1.29, 1.82) is 0 Å². The zero-order valence-corrected chi connectivity index (χ0v) is 31.9. The van der Waals surface area contributed by atoms with Gasteiger partial charge in [-0.15, -0.1) is 0 Å². The molecule has 0 unspecified atom stereocenters. The molecule has 2 aliphatic heterocycles. The van der Waals surface area contributed by atoms with Gasteiger partial charge in [0, 0.05) is 43.6 Å². The van der Waals surface area contributed by atoms with E-state index in [2.05, 4.69) is 31.1 Å². The number of nitrogens with zero attached hydrogens (tertiary/aromatic N) is 4. The van der Waals surface area contributed by atoms with Crippen LogP contribution in [0, 0.1) is 17.3 Å². The highest BCUT2D eigenvalue weighted by molar-refractivity contribution is 6.38. The minimum Gasteiger partial charge on any atom is -0.387 e. The number of amides is 4. The first-order valence-electron chi connectivity index (χ1n) is 19.5. The number of rotatable bonds is 16. The van der Waals surface area contributed by atoms with E-state index in [1.54, 1.807) is 0 Å². The van der Waals surface area contributed by atoms with Crippen molar-refractivity contribution in [2.45, 2.75) is 154 Å². The first kappa shape index (κ1) is 40.0. The van der Waals surface area contributed by atoms with Crippen molar-refractivity contribution in [2.24, 2.45) is 22.4 Å². The number of hydrogen-bond donors (Lipinski definition) is 3. The maximum atomic E-state index is 14.8. The fourth-order valence-corrected chi connectivity index (χ4v) is 7.92. The Balaban J connectivity index is 1.40. The van der Waals surface area contributed by atoms with Gasteiger partial charge in [-0.05, 0) is 49.9 Å². The molecule has 2 aliphatic carbocycles. The summed E-state index contributed by atoms with van der Waals surface area (Å²) in [6.45, 7) is 9.49. The van der Waals surface area contributed by atoms with Crippen LogP contribution in [0.25, 0.3) is 0 Å². The summed E-state index contributed by atoms with van der Waals surface area (Å²) in [7, 11) is 0. The molecule has 4 aliphatic rings. The minimum absolute atomic E-state index is 0.0172. The Morgan fingerprint density at radius 3 is 2.34 bits per heavy atom. The summed E-state index contributed by atoms with van der Waals surface area (Å²) in [6, 6.07) is -3.19. The Morgan fingerprint density at radius 1 is 0.981 bits per heavy atom. The van der Waals surface area contributed by atoms with Gasteiger partial charge in [-0.1, -0.05) is 71.9 Å². The molecular weight excluding hydrogens is 678 g/mol. The van der Waals surface area contributed by atoms with Crippen molar-refractivity contribution in [3.05, 3.63) is 24.3 Å². The van der Waals surface area contributed by atoms with Gasteiger partial charge in [-0.25, -0.2) is 4.98 Å². The third kappa shape index (κ3) is 10.1. The Bertz CT molecular complexity index is 1550. The van der Waals surface area contributed by atoms with E-state index in [9.17, 15) is 28.8 Å². The van der Waals surface area contributed by atoms with Gasteiger partial charge >= 0.3 is 0 Å². The van der Waals surface area contributed by atoms with Crippen molar-refractivity contribution in [3.8, 4) is 0 Å². The number of nitrogens with one attached hydrogen (secondary N) is 3.